The summed E-state index contributed by atoms with van der Waals surface area (Å²) in [4.78, 5) is 0. The number of rotatable bonds is 7. The Bertz CT molecular complexity index is 417. The van der Waals surface area contributed by atoms with Crippen LogP contribution in [0.15, 0.2) is 6.07 Å². The first-order chi connectivity index (χ1) is 9.04. The Morgan fingerprint density at radius 1 is 1.42 bits per heavy atom. The van der Waals surface area contributed by atoms with Crippen LogP contribution >= 0.6 is 11.6 Å². The molecule has 0 aliphatic carbocycles. The Morgan fingerprint density at radius 3 is 2.63 bits per heavy atom. The molecule has 1 aromatic rings. The van der Waals surface area contributed by atoms with Crippen molar-refractivity contribution in [2.45, 2.75) is 33.6 Å². The fourth-order valence-corrected chi connectivity index (χ4v) is 2.47. The monoisotopic (exact) mass is 285 g/mol. The van der Waals surface area contributed by atoms with Gasteiger partial charge >= 0.3 is 0 Å². The number of halogens is 1. The van der Waals surface area contributed by atoms with Gasteiger partial charge in [0, 0.05) is 11.6 Å². The molecule has 1 unspecified atom stereocenters. The Hall–Kier alpha value is -0.770. The summed E-state index contributed by atoms with van der Waals surface area (Å²) in [7, 11) is 0. The summed E-state index contributed by atoms with van der Waals surface area (Å²) in [6.07, 6.45) is 1.67. The van der Waals surface area contributed by atoms with E-state index in [1.165, 1.54) is 0 Å². The minimum Gasteiger partial charge on any atom is -0.493 e. The molecule has 3 N–H and O–H groups in total. The van der Waals surface area contributed by atoms with E-state index in [0.29, 0.717) is 13.2 Å². The maximum absolute atomic E-state index is 9.22. The van der Waals surface area contributed by atoms with E-state index < -0.39 is 0 Å². The highest BCUT2D eigenvalue weighted by Crippen LogP contribution is 2.33. The first-order valence-electron chi connectivity index (χ1n) is 6.77. The van der Waals surface area contributed by atoms with Gasteiger partial charge in [0.15, 0.2) is 0 Å². The molecule has 3 nitrogen and oxygen atoms in total. The average Bonchev–Trinajstić information content (AvgIpc) is 2.39. The number of benzene rings is 1. The first-order valence-corrected chi connectivity index (χ1v) is 7.15. The van der Waals surface area contributed by atoms with Crippen molar-refractivity contribution in [1.82, 2.24) is 0 Å². The molecule has 1 rings (SSSR count). The fraction of sp³-hybridized carbons (Fsp3) is 0.600. The van der Waals surface area contributed by atoms with Crippen molar-refractivity contribution >= 4 is 11.6 Å². The van der Waals surface area contributed by atoms with E-state index in [1.807, 2.05) is 26.8 Å². The minimum absolute atomic E-state index is 0.124. The van der Waals surface area contributed by atoms with Gasteiger partial charge in [-0.2, -0.15) is 0 Å². The summed E-state index contributed by atoms with van der Waals surface area (Å²) >= 11 is 6.24. The molecular weight excluding hydrogens is 262 g/mol. The molecule has 0 aliphatic heterocycles. The van der Waals surface area contributed by atoms with Crippen LogP contribution in [0.5, 0.6) is 5.75 Å². The molecule has 1 aromatic carbocycles. The lowest BCUT2D eigenvalue weighted by Gasteiger charge is -2.19. The third-order valence-corrected chi connectivity index (χ3v) is 3.86. The Balaban J connectivity index is 3.02. The van der Waals surface area contributed by atoms with Gasteiger partial charge in [-0.1, -0.05) is 11.6 Å². The maximum atomic E-state index is 9.22. The van der Waals surface area contributed by atoms with Crippen LogP contribution in [0.1, 0.15) is 30.0 Å². The normalized spacial score (nSPS) is 12.5. The molecule has 1 atom stereocenters. The van der Waals surface area contributed by atoms with Gasteiger partial charge in [0.05, 0.1) is 6.61 Å². The Morgan fingerprint density at radius 2 is 2.11 bits per heavy atom. The largest absolute Gasteiger partial charge is 0.493 e. The molecule has 0 saturated heterocycles. The first kappa shape index (κ1) is 16.3. The molecule has 0 fully saturated rings. The number of hydrogen-bond acceptors (Lipinski definition) is 3. The number of aliphatic hydroxyl groups excluding tert-OH is 1. The van der Waals surface area contributed by atoms with Crippen molar-refractivity contribution in [2.24, 2.45) is 11.7 Å². The highest BCUT2D eigenvalue weighted by molar-refractivity contribution is 6.31. The second-order valence-electron chi connectivity index (χ2n) is 4.86. The van der Waals surface area contributed by atoms with E-state index in [1.54, 1.807) is 0 Å². The van der Waals surface area contributed by atoms with Gasteiger partial charge in [-0.3, -0.25) is 0 Å². The molecule has 0 bridgehead atoms. The number of hydrogen-bond donors (Lipinski definition) is 2. The van der Waals surface area contributed by atoms with Crippen molar-refractivity contribution < 1.29 is 9.84 Å². The number of aryl methyl sites for hydroxylation is 1. The van der Waals surface area contributed by atoms with Gasteiger partial charge in [-0.05, 0) is 68.8 Å². The summed E-state index contributed by atoms with van der Waals surface area (Å²) in [6, 6.07) is 1.94. The van der Waals surface area contributed by atoms with E-state index in [0.717, 1.165) is 40.3 Å². The van der Waals surface area contributed by atoms with Crippen LogP contribution in [-0.2, 0) is 6.42 Å². The van der Waals surface area contributed by atoms with E-state index in [-0.39, 0.29) is 12.5 Å². The molecule has 0 aromatic heterocycles. The van der Waals surface area contributed by atoms with E-state index >= 15 is 0 Å². The van der Waals surface area contributed by atoms with Crippen molar-refractivity contribution in [1.29, 1.82) is 0 Å². The van der Waals surface area contributed by atoms with Crippen LogP contribution in [0.3, 0.4) is 0 Å². The third-order valence-electron chi connectivity index (χ3n) is 3.47. The number of ether oxygens (including phenoxy) is 1. The van der Waals surface area contributed by atoms with Gasteiger partial charge in [0.2, 0.25) is 0 Å². The molecule has 0 heterocycles. The topological polar surface area (TPSA) is 55.5 Å². The van der Waals surface area contributed by atoms with Crippen molar-refractivity contribution in [3.63, 3.8) is 0 Å². The Kier molecular flexibility index (Phi) is 6.63. The number of aliphatic hydroxyl groups is 1. The van der Waals surface area contributed by atoms with Gasteiger partial charge < -0.3 is 15.6 Å². The standard InChI is InChI=1S/C15H24ClNO2/c1-4-19-15-10(2)7-14(16)11(3)13(15)6-5-12(8-17)9-18/h7,12,18H,4-6,8-9,17H2,1-3H3. The third kappa shape index (κ3) is 4.10. The predicted molar refractivity (Wildman–Crippen MR) is 80.0 cm³/mol. The smallest absolute Gasteiger partial charge is 0.125 e. The molecule has 0 spiro atoms. The second kappa shape index (κ2) is 7.73. The van der Waals surface area contributed by atoms with Gasteiger partial charge in [-0.15, -0.1) is 0 Å². The van der Waals surface area contributed by atoms with E-state index in [2.05, 4.69) is 0 Å². The maximum Gasteiger partial charge on any atom is 0.125 e. The van der Waals surface area contributed by atoms with Crippen LogP contribution in [0.2, 0.25) is 5.02 Å². The molecule has 19 heavy (non-hydrogen) atoms. The van der Waals surface area contributed by atoms with E-state index in [4.69, 9.17) is 22.1 Å². The van der Waals surface area contributed by atoms with Crippen LogP contribution in [0.4, 0.5) is 0 Å². The molecule has 0 amide bonds. The van der Waals surface area contributed by atoms with Crippen molar-refractivity contribution in [3.05, 3.63) is 27.8 Å². The SMILES string of the molecule is CCOc1c(C)cc(Cl)c(C)c1CCC(CN)CO. The molecular formula is C15H24ClNO2. The summed E-state index contributed by atoms with van der Waals surface area (Å²) in [5.41, 5.74) is 8.88. The molecule has 108 valence electrons. The zero-order valence-corrected chi connectivity index (χ0v) is 12.8. The van der Waals surface area contributed by atoms with Crippen LogP contribution in [-0.4, -0.2) is 24.9 Å². The van der Waals surface area contributed by atoms with Gasteiger partial charge in [-0.25, -0.2) is 0 Å². The lowest BCUT2D eigenvalue weighted by Crippen LogP contribution is -2.19. The second-order valence-corrected chi connectivity index (χ2v) is 5.27. The fourth-order valence-electron chi connectivity index (χ4n) is 2.19. The summed E-state index contributed by atoms with van der Waals surface area (Å²) in [5, 5.41) is 9.99. The van der Waals surface area contributed by atoms with Crippen molar-refractivity contribution in [2.75, 3.05) is 19.8 Å². The van der Waals surface area contributed by atoms with Crippen molar-refractivity contribution in [3.8, 4) is 5.75 Å². The highest BCUT2D eigenvalue weighted by atomic mass is 35.5. The molecule has 0 aliphatic rings. The highest BCUT2D eigenvalue weighted by Gasteiger charge is 2.15. The quantitative estimate of drug-likeness (QED) is 0.810. The van der Waals surface area contributed by atoms with Crippen LogP contribution in [0.25, 0.3) is 0 Å². The number of nitrogens with two attached hydrogens (primary N) is 1. The van der Waals surface area contributed by atoms with Gasteiger partial charge in [0.1, 0.15) is 5.75 Å². The lowest BCUT2D eigenvalue weighted by atomic mass is 9.95. The zero-order valence-electron chi connectivity index (χ0n) is 12.0. The Labute approximate surface area is 120 Å². The van der Waals surface area contributed by atoms with Gasteiger partial charge in [0.25, 0.3) is 0 Å². The average molecular weight is 286 g/mol. The summed E-state index contributed by atoms with van der Waals surface area (Å²) in [6.45, 7) is 7.25. The molecule has 0 saturated carbocycles. The summed E-state index contributed by atoms with van der Waals surface area (Å²) < 4.78 is 5.75. The van der Waals surface area contributed by atoms with Crippen LogP contribution < -0.4 is 10.5 Å². The predicted octanol–water partition coefficient (Wildman–Crippen LogP) is 2.86. The molecule has 4 heteroatoms. The minimum atomic E-state index is 0.124. The van der Waals surface area contributed by atoms with Crippen LogP contribution in [0, 0.1) is 19.8 Å². The lowest BCUT2D eigenvalue weighted by molar-refractivity contribution is 0.222. The molecule has 0 radical (unpaired) electrons. The zero-order chi connectivity index (χ0) is 14.4. The van der Waals surface area contributed by atoms with E-state index in [9.17, 15) is 5.11 Å². The summed E-state index contributed by atoms with van der Waals surface area (Å²) in [5.74, 6) is 1.06.